The summed E-state index contributed by atoms with van der Waals surface area (Å²) in [5, 5.41) is 0. The zero-order valence-corrected chi connectivity index (χ0v) is 10.5. The van der Waals surface area contributed by atoms with Gasteiger partial charge in [0.15, 0.2) is 0 Å². The van der Waals surface area contributed by atoms with Gasteiger partial charge in [-0.1, -0.05) is 32.8 Å². The second-order valence-electron chi connectivity index (χ2n) is 4.99. The maximum Gasteiger partial charge on any atom is 0.240 e. The summed E-state index contributed by atoms with van der Waals surface area (Å²) in [5.74, 6) is 0.281. The van der Waals surface area contributed by atoms with Gasteiger partial charge in [-0.3, -0.25) is 4.79 Å². The Kier molecular flexibility index (Phi) is 5.00. The van der Waals surface area contributed by atoms with Crippen LogP contribution < -0.4 is 5.73 Å². The van der Waals surface area contributed by atoms with Crippen LogP contribution in [0.5, 0.6) is 0 Å². The molecule has 92 valence electrons. The molecule has 0 saturated heterocycles. The standard InChI is InChI=1S/C13H24N2O/c1-4-9-15(11-7-5-6-8-11)13(16)12(14)10(2)3/h4,10-12H,1,5-9,14H2,2-3H3. The minimum atomic E-state index is -0.374. The molecule has 1 fully saturated rings. The van der Waals surface area contributed by atoms with E-state index in [1.807, 2.05) is 18.7 Å². The highest BCUT2D eigenvalue weighted by molar-refractivity contribution is 5.82. The van der Waals surface area contributed by atoms with Crippen molar-refractivity contribution in [2.24, 2.45) is 11.7 Å². The minimum Gasteiger partial charge on any atom is -0.335 e. The molecule has 3 heteroatoms. The first kappa shape index (κ1) is 13.2. The molecule has 0 bridgehead atoms. The van der Waals surface area contributed by atoms with Crippen molar-refractivity contribution in [1.82, 2.24) is 4.90 Å². The fourth-order valence-electron chi connectivity index (χ4n) is 2.25. The van der Waals surface area contributed by atoms with E-state index in [1.165, 1.54) is 12.8 Å². The summed E-state index contributed by atoms with van der Waals surface area (Å²) in [6.07, 6.45) is 6.48. The van der Waals surface area contributed by atoms with Crippen LogP contribution in [0.1, 0.15) is 39.5 Å². The number of amides is 1. The van der Waals surface area contributed by atoms with Crippen molar-refractivity contribution in [3.63, 3.8) is 0 Å². The molecule has 0 aromatic carbocycles. The number of carbonyl (C=O) groups excluding carboxylic acids is 1. The van der Waals surface area contributed by atoms with E-state index in [-0.39, 0.29) is 17.9 Å². The van der Waals surface area contributed by atoms with Crippen LogP contribution in [0.15, 0.2) is 12.7 Å². The number of rotatable bonds is 5. The normalized spacial score (nSPS) is 18.8. The predicted molar refractivity (Wildman–Crippen MR) is 67.0 cm³/mol. The zero-order chi connectivity index (χ0) is 12.1. The molecule has 3 nitrogen and oxygen atoms in total. The molecule has 1 rings (SSSR count). The Morgan fingerprint density at radius 1 is 1.50 bits per heavy atom. The third-order valence-electron chi connectivity index (χ3n) is 3.38. The van der Waals surface area contributed by atoms with Crippen LogP contribution in [0, 0.1) is 5.92 Å². The number of hydrogen-bond donors (Lipinski definition) is 1. The molecule has 0 aliphatic heterocycles. The van der Waals surface area contributed by atoms with Gasteiger partial charge in [-0.2, -0.15) is 0 Å². The van der Waals surface area contributed by atoms with Crippen molar-refractivity contribution in [3.8, 4) is 0 Å². The Morgan fingerprint density at radius 2 is 2.06 bits per heavy atom. The molecule has 1 saturated carbocycles. The van der Waals surface area contributed by atoms with Crippen molar-refractivity contribution in [2.45, 2.75) is 51.6 Å². The van der Waals surface area contributed by atoms with Gasteiger partial charge in [0.1, 0.15) is 0 Å². The Hall–Kier alpha value is -0.830. The average molecular weight is 224 g/mol. The largest absolute Gasteiger partial charge is 0.335 e. The highest BCUT2D eigenvalue weighted by Gasteiger charge is 2.29. The molecular weight excluding hydrogens is 200 g/mol. The second-order valence-corrected chi connectivity index (χ2v) is 4.99. The van der Waals surface area contributed by atoms with Gasteiger partial charge in [0, 0.05) is 12.6 Å². The lowest BCUT2D eigenvalue weighted by Gasteiger charge is -2.31. The molecule has 0 spiro atoms. The average Bonchev–Trinajstić information content (AvgIpc) is 2.76. The van der Waals surface area contributed by atoms with Crippen LogP contribution in [0.2, 0.25) is 0 Å². The van der Waals surface area contributed by atoms with E-state index in [1.54, 1.807) is 6.08 Å². The first-order valence-corrected chi connectivity index (χ1v) is 6.25. The Labute approximate surface area is 98.7 Å². The predicted octanol–water partition coefficient (Wildman–Crippen LogP) is 1.93. The number of nitrogens with two attached hydrogens (primary N) is 1. The minimum absolute atomic E-state index is 0.0850. The highest BCUT2D eigenvalue weighted by atomic mass is 16.2. The summed E-state index contributed by atoms with van der Waals surface area (Å²) in [7, 11) is 0. The molecule has 2 N–H and O–H groups in total. The smallest absolute Gasteiger partial charge is 0.240 e. The van der Waals surface area contributed by atoms with Crippen molar-refractivity contribution >= 4 is 5.91 Å². The number of carbonyl (C=O) groups is 1. The number of hydrogen-bond acceptors (Lipinski definition) is 2. The first-order valence-electron chi connectivity index (χ1n) is 6.25. The fraction of sp³-hybridized carbons (Fsp3) is 0.769. The summed E-state index contributed by atoms with van der Waals surface area (Å²) in [4.78, 5) is 14.1. The maximum atomic E-state index is 12.2. The first-order chi connectivity index (χ1) is 7.57. The summed E-state index contributed by atoms with van der Waals surface area (Å²) in [6.45, 7) is 8.33. The van der Waals surface area contributed by atoms with E-state index in [9.17, 15) is 4.79 Å². The SMILES string of the molecule is C=CCN(C(=O)C(N)C(C)C)C1CCCC1. The van der Waals surface area contributed by atoms with Crippen molar-refractivity contribution in [2.75, 3.05) is 6.54 Å². The molecule has 1 aliphatic carbocycles. The molecule has 1 atom stereocenters. The summed E-state index contributed by atoms with van der Waals surface area (Å²) in [6, 6.07) is 0.0100. The lowest BCUT2D eigenvalue weighted by molar-refractivity contribution is -0.135. The molecule has 1 aliphatic rings. The lowest BCUT2D eigenvalue weighted by Crippen LogP contribution is -2.50. The van der Waals surface area contributed by atoms with Crippen LogP contribution >= 0.6 is 0 Å². The van der Waals surface area contributed by atoms with Gasteiger partial charge in [0.2, 0.25) is 5.91 Å². The molecule has 0 heterocycles. The van der Waals surface area contributed by atoms with E-state index >= 15 is 0 Å². The zero-order valence-electron chi connectivity index (χ0n) is 10.5. The Morgan fingerprint density at radius 3 is 2.50 bits per heavy atom. The van der Waals surface area contributed by atoms with Gasteiger partial charge in [0.25, 0.3) is 0 Å². The summed E-state index contributed by atoms with van der Waals surface area (Å²) in [5.41, 5.74) is 5.93. The van der Waals surface area contributed by atoms with Gasteiger partial charge >= 0.3 is 0 Å². The second kappa shape index (κ2) is 6.04. The van der Waals surface area contributed by atoms with Gasteiger partial charge in [-0.15, -0.1) is 6.58 Å². The summed E-state index contributed by atoms with van der Waals surface area (Å²) < 4.78 is 0. The Balaban J connectivity index is 2.68. The van der Waals surface area contributed by atoms with Crippen molar-refractivity contribution in [3.05, 3.63) is 12.7 Å². The monoisotopic (exact) mass is 224 g/mol. The van der Waals surface area contributed by atoms with Gasteiger partial charge in [0.05, 0.1) is 6.04 Å². The third kappa shape index (κ3) is 3.08. The van der Waals surface area contributed by atoms with Gasteiger partial charge in [-0.05, 0) is 18.8 Å². The molecule has 1 unspecified atom stereocenters. The van der Waals surface area contributed by atoms with Crippen LogP contribution in [-0.2, 0) is 4.79 Å². The van der Waals surface area contributed by atoms with E-state index in [0.29, 0.717) is 12.6 Å². The van der Waals surface area contributed by atoms with Crippen LogP contribution in [0.25, 0.3) is 0 Å². The van der Waals surface area contributed by atoms with Gasteiger partial charge < -0.3 is 10.6 Å². The van der Waals surface area contributed by atoms with Crippen molar-refractivity contribution in [1.29, 1.82) is 0 Å². The number of nitrogens with zero attached hydrogens (tertiary/aromatic N) is 1. The quantitative estimate of drug-likeness (QED) is 0.725. The molecule has 1 amide bonds. The van der Waals surface area contributed by atoms with Gasteiger partial charge in [-0.25, -0.2) is 0 Å². The summed E-state index contributed by atoms with van der Waals surface area (Å²) >= 11 is 0. The van der Waals surface area contributed by atoms with Crippen LogP contribution in [-0.4, -0.2) is 29.4 Å². The molecule has 0 aromatic heterocycles. The molecular formula is C13H24N2O. The topological polar surface area (TPSA) is 46.3 Å². The Bertz CT molecular complexity index is 244. The highest BCUT2D eigenvalue weighted by Crippen LogP contribution is 2.24. The van der Waals surface area contributed by atoms with E-state index in [2.05, 4.69) is 6.58 Å². The third-order valence-corrected chi connectivity index (χ3v) is 3.38. The van der Waals surface area contributed by atoms with Crippen LogP contribution in [0.4, 0.5) is 0 Å². The van der Waals surface area contributed by atoms with E-state index in [4.69, 9.17) is 5.73 Å². The van der Waals surface area contributed by atoms with E-state index in [0.717, 1.165) is 12.8 Å². The van der Waals surface area contributed by atoms with Crippen molar-refractivity contribution < 1.29 is 4.79 Å². The van der Waals surface area contributed by atoms with E-state index < -0.39 is 0 Å². The van der Waals surface area contributed by atoms with Crippen LogP contribution in [0.3, 0.4) is 0 Å². The maximum absolute atomic E-state index is 12.2. The molecule has 16 heavy (non-hydrogen) atoms. The molecule has 0 radical (unpaired) electrons. The fourth-order valence-corrected chi connectivity index (χ4v) is 2.25. The lowest BCUT2D eigenvalue weighted by atomic mass is 10.0. The molecule has 0 aromatic rings.